The van der Waals surface area contributed by atoms with Crippen molar-refractivity contribution in [2.24, 2.45) is 10.8 Å². The lowest BCUT2D eigenvalue weighted by molar-refractivity contribution is -0.152. The predicted octanol–water partition coefficient (Wildman–Crippen LogP) is 13.6. The number of carboxylic acids is 1. The number of rotatable bonds is 16. The fraction of sp³-hybridized carbons (Fsp3) is 0.228. The highest BCUT2D eigenvalue weighted by Gasteiger charge is 2.36. The SMILES string of the molecule is CC(C)(COc1ccc(-c2ccc(-c3nc(C(F)(F)F)cn3Cc3ccccc3)cc2)cc1)C(=O)O.COC(=O)C(C)(C)COc1ccc(-c2ccc(-c3nc(C(F)(F)F)cn3Cc3ccccc3)cc2)cc1. The van der Waals surface area contributed by atoms with E-state index < -0.39 is 40.5 Å². The molecule has 0 aliphatic heterocycles. The molecule has 16 heteroatoms. The van der Waals surface area contributed by atoms with Crippen LogP contribution in [0.15, 0.2) is 170 Å². The molecule has 0 amide bonds. The van der Waals surface area contributed by atoms with Crippen molar-refractivity contribution in [1.29, 1.82) is 0 Å². The molecule has 73 heavy (non-hydrogen) atoms. The van der Waals surface area contributed by atoms with Crippen LogP contribution in [0.5, 0.6) is 11.5 Å². The fourth-order valence-corrected chi connectivity index (χ4v) is 7.40. The molecular formula is C57H52F6N4O6. The van der Waals surface area contributed by atoms with E-state index in [1.807, 2.05) is 109 Å². The number of imidazole rings is 2. The Balaban J connectivity index is 0.000000214. The molecule has 0 saturated carbocycles. The van der Waals surface area contributed by atoms with E-state index in [-0.39, 0.29) is 43.9 Å². The van der Waals surface area contributed by atoms with Crippen LogP contribution in [0.2, 0.25) is 0 Å². The topological polar surface area (TPSA) is 118 Å². The van der Waals surface area contributed by atoms with Crippen molar-refractivity contribution in [1.82, 2.24) is 19.1 Å². The van der Waals surface area contributed by atoms with Crippen molar-refractivity contribution in [3.63, 3.8) is 0 Å². The molecule has 8 rings (SSSR count). The lowest BCUT2D eigenvalue weighted by Gasteiger charge is -2.21. The summed E-state index contributed by atoms with van der Waals surface area (Å²) in [7, 11) is 1.34. The molecule has 6 aromatic carbocycles. The van der Waals surface area contributed by atoms with Gasteiger partial charge in [-0.1, -0.05) is 133 Å². The average Bonchev–Trinajstić information content (AvgIpc) is 4.02. The Hall–Kier alpha value is -8.14. The Bertz CT molecular complexity index is 3100. The molecule has 2 aromatic heterocycles. The zero-order valence-corrected chi connectivity index (χ0v) is 40.5. The van der Waals surface area contributed by atoms with E-state index >= 15 is 0 Å². The third-order valence-corrected chi connectivity index (χ3v) is 11.7. The van der Waals surface area contributed by atoms with Crippen LogP contribution < -0.4 is 9.47 Å². The highest BCUT2D eigenvalue weighted by molar-refractivity contribution is 5.76. The van der Waals surface area contributed by atoms with E-state index in [0.29, 0.717) is 22.6 Å². The number of aliphatic carboxylic acids is 1. The third-order valence-electron chi connectivity index (χ3n) is 11.7. The maximum absolute atomic E-state index is 13.4. The summed E-state index contributed by atoms with van der Waals surface area (Å²) in [6.45, 7) is 7.42. The van der Waals surface area contributed by atoms with Crippen LogP contribution >= 0.6 is 0 Å². The van der Waals surface area contributed by atoms with Crippen LogP contribution in [0.3, 0.4) is 0 Å². The number of hydrogen-bond donors (Lipinski definition) is 1. The van der Waals surface area contributed by atoms with Crippen LogP contribution in [0, 0.1) is 10.8 Å². The predicted molar refractivity (Wildman–Crippen MR) is 265 cm³/mol. The molecule has 1 N–H and O–H groups in total. The molecular weight excluding hydrogens is 951 g/mol. The van der Waals surface area contributed by atoms with E-state index in [1.54, 1.807) is 76.2 Å². The maximum Gasteiger partial charge on any atom is 0.434 e. The second-order valence-electron chi connectivity index (χ2n) is 18.5. The van der Waals surface area contributed by atoms with Crippen LogP contribution in [-0.2, 0) is 39.8 Å². The van der Waals surface area contributed by atoms with Crippen LogP contribution in [0.25, 0.3) is 45.0 Å². The van der Waals surface area contributed by atoms with E-state index in [1.165, 1.54) is 16.2 Å². The molecule has 0 atom stereocenters. The second-order valence-corrected chi connectivity index (χ2v) is 18.5. The number of carbonyl (C=O) groups excluding carboxylic acids is 1. The van der Waals surface area contributed by atoms with Gasteiger partial charge in [-0.15, -0.1) is 0 Å². The maximum atomic E-state index is 13.4. The highest BCUT2D eigenvalue weighted by Crippen LogP contribution is 2.35. The fourth-order valence-electron chi connectivity index (χ4n) is 7.40. The number of carbonyl (C=O) groups is 2. The lowest BCUT2D eigenvalue weighted by Crippen LogP contribution is -2.32. The summed E-state index contributed by atoms with van der Waals surface area (Å²) >= 11 is 0. The summed E-state index contributed by atoms with van der Waals surface area (Å²) in [6, 6.07) is 47.5. The summed E-state index contributed by atoms with van der Waals surface area (Å²) < 4.78 is 99.7. The van der Waals surface area contributed by atoms with Crippen molar-refractivity contribution in [2.45, 2.75) is 53.1 Å². The molecule has 0 spiro atoms. The number of nitrogens with zero attached hydrogens (tertiary/aromatic N) is 4. The van der Waals surface area contributed by atoms with Crippen molar-refractivity contribution >= 4 is 11.9 Å². The summed E-state index contributed by atoms with van der Waals surface area (Å²) in [5.41, 5.74) is 2.82. The molecule has 0 aliphatic rings. The van der Waals surface area contributed by atoms with Gasteiger partial charge in [0.25, 0.3) is 0 Å². The van der Waals surface area contributed by atoms with Crippen molar-refractivity contribution in [3.05, 3.63) is 193 Å². The molecule has 10 nitrogen and oxygen atoms in total. The lowest BCUT2D eigenvalue weighted by atomic mass is 9.95. The first-order valence-corrected chi connectivity index (χ1v) is 23.0. The molecule has 0 bridgehead atoms. The van der Waals surface area contributed by atoms with Gasteiger partial charge in [-0.25, -0.2) is 9.97 Å². The summed E-state index contributed by atoms with van der Waals surface area (Å²) in [4.78, 5) is 30.9. The van der Waals surface area contributed by atoms with Gasteiger partial charge in [0.05, 0.1) is 17.9 Å². The Kier molecular flexibility index (Phi) is 15.9. The van der Waals surface area contributed by atoms with Gasteiger partial charge in [-0.2, -0.15) is 26.3 Å². The minimum atomic E-state index is -4.54. The first-order valence-electron chi connectivity index (χ1n) is 23.0. The van der Waals surface area contributed by atoms with Gasteiger partial charge in [0.1, 0.15) is 36.4 Å². The summed E-state index contributed by atoms with van der Waals surface area (Å²) in [6.07, 6.45) is -6.98. The number of halogens is 6. The number of esters is 1. The van der Waals surface area contributed by atoms with Crippen molar-refractivity contribution in [2.75, 3.05) is 20.3 Å². The van der Waals surface area contributed by atoms with Gasteiger partial charge in [0.2, 0.25) is 0 Å². The summed E-state index contributed by atoms with van der Waals surface area (Å²) in [5.74, 6) is 0.358. The molecule has 0 saturated heterocycles. The van der Waals surface area contributed by atoms with Crippen LogP contribution in [0.4, 0.5) is 26.3 Å². The number of hydrogen-bond acceptors (Lipinski definition) is 7. The van der Waals surface area contributed by atoms with E-state index in [4.69, 9.17) is 14.2 Å². The second kappa shape index (κ2) is 22.1. The van der Waals surface area contributed by atoms with Gasteiger partial charge in [0, 0.05) is 36.6 Å². The zero-order valence-electron chi connectivity index (χ0n) is 40.5. The van der Waals surface area contributed by atoms with Crippen LogP contribution in [-0.4, -0.2) is 56.5 Å². The first-order chi connectivity index (χ1) is 34.6. The number of carboxylic acid groups (broad SMARTS) is 1. The van der Waals surface area contributed by atoms with Crippen molar-refractivity contribution in [3.8, 4) is 56.5 Å². The molecule has 0 unspecified atom stereocenters. The first kappa shape index (κ1) is 52.7. The minimum Gasteiger partial charge on any atom is -0.492 e. The zero-order chi connectivity index (χ0) is 52.6. The van der Waals surface area contributed by atoms with Gasteiger partial charge < -0.3 is 28.5 Å². The molecule has 378 valence electrons. The molecule has 8 aromatic rings. The highest BCUT2D eigenvalue weighted by atomic mass is 19.4. The average molecular weight is 1000 g/mol. The van der Waals surface area contributed by atoms with E-state index in [2.05, 4.69) is 9.97 Å². The standard InChI is InChI=1S/C29H27F3N2O3.C28H25F3N2O3/c1-28(2,27(35)36-3)19-37-24-15-13-22(14-16-24)21-9-11-23(12-10-21)26-33-25(29(30,31)32)18-34(26)17-20-7-5-4-6-8-20;1-27(2,26(34)35)18-36-23-14-12-21(13-15-23)20-8-10-22(11-9-20)25-32-24(28(29,30)31)17-33(25)16-19-6-4-3-5-7-19/h4-16,18H,17,19H2,1-3H3;3-15,17H,16,18H2,1-2H3,(H,34,35). The monoisotopic (exact) mass is 1000 g/mol. The minimum absolute atomic E-state index is 0.0337. The van der Waals surface area contributed by atoms with E-state index in [0.717, 1.165) is 45.8 Å². The third kappa shape index (κ3) is 13.6. The number of ether oxygens (including phenoxy) is 3. The molecule has 2 heterocycles. The number of alkyl halides is 6. The van der Waals surface area contributed by atoms with Crippen LogP contribution in [0.1, 0.15) is 50.2 Å². The quantitative estimate of drug-likeness (QED) is 0.0751. The van der Waals surface area contributed by atoms with Gasteiger partial charge in [0.15, 0.2) is 11.4 Å². The van der Waals surface area contributed by atoms with Gasteiger partial charge >= 0.3 is 24.3 Å². The summed E-state index contributed by atoms with van der Waals surface area (Å²) in [5, 5.41) is 9.21. The molecule has 0 radical (unpaired) electrons. The Labute approximate surface area is 418 Å². The number of benzene rings is 6. The Morgan fingerprint density at radius 2 is 0.795 bits per heavy atom. The smallest absolute Gasteiger partial charge is 0.434 e. The van der Waals surface area contributed by atoms with Gasteiger partial charge in [-0.05, 0) is 85.3 Å². The van der Waals surface area contributed by atoms with Crippen molar-refractivity contribution < 1.29 is 55.2 Å². The number of aromatic nitrogens is 4. The molecule has 0 fully saturated rings. The largest absolute Gasteiger partial charge is 0.492 e. The van der Waals surface area contributed by atoms with E-state index in [9.17, 15) is 41.0 Å². The van der Waals surface area contributed by atoms with Gasteiger partial charge in [-0.3, -0.25) is 9.59 Å². The Morgan fingerprint density at radius 3 is 1.11 bits per heavy atom. The Morgan fingerprint density at radius 1 is 0.479 bits per heavy atom. The normalized spacial score (nSPS) is 11.9. The number of methoxy groups -OCH3 is 1. The molecule has 0 aliphatic carbocycles.